The normalized spacial score (nSPS) is 20.5. The molecule has 0 saturated carbocycles. The molecule has 42 heavy (non-hydrogen) atoms. The lowest BCUT2D eigenvalue weighted by molar-refractivity contribution is -0.135. The van der Waals surface area contributed by atoms with Crippen LogP contribution in [0, 0.1) is 5.82 Å². The number of likely N-dealkylation sites (tertiary alicyclic amines) is 1. The van der Waals surface area contributed by atoms with E-state index >= 15 is 0 Å². The molecular formula is C31H38FN5O5. The minimum Gasteiger partial charge on any atom is -0.497 e. The van der Waals surface area contributed by atoms with Gasteiger partial charge >= 0.3 is 6.03 Å². The topological polar surface area (TPSA) is 99.5 Å². The first-order valence-electron chi connectivity index (χ1n) is 14.5. The van der Waals surface area contributed by atoms with E-state index in [1.54, 1.807) is 12.0 Å². The largest absolute Gasteiger partial charge is 0.497 e. The van der Waals surface area contributed by atoms with Crippen LogP contribution in [0.4, 0.5) is 14.9 Å². The SMILES string of the molecule is COc1ccc2c3c(n(C)c2c1)[C@@H](CO)N(C(=O)Nc1ccc(F)cc1)CC31CCN(C(=O)CN2CCOCC2)CC1. The monoisotopic (exact) mass is 579 g/mol. The summed E-state index contributed by atoms with van der Waals surface area (Å²) < 4.78 is 26.5. The van der Waals surface area contributed by atoms with Crippen LogP contribution in [-0.2, 0) is 22.0 Å². The molecule has 2 N–H and O–H groups in total. The lowest BCUT2D eigenvalue weighted by Crippen LogP contribution is -2.57. The third kappa shape index (κ3) is 5.10. The Bertz CT molecular complexity index is 1460. The molecule has 1 atom stereocenters. The molecular weight excluding hydrogens is 541 g/mol. The zero-order valence-corrected chi connectivity index (χ0v) is 24.1. The maximum Gasteiger partial charge on any atom is 0.322 e. The Hall–Kier alpha value is -3.67. The van der Waals surface area contributed by atoms with E-state index in [9.17, 15) is 19.1 Å². The third-order valence-corrected chi connectivity index (χ3v) is 9.21. The molecule has 1 aromatic heterocycles. The number of nitrogens with zero attached hydrogens (tertiary/aromatic N) is 4. The number of methoxy groups -OCH3 is 1. The molecule has 2 saturated heterocycles. The van der Waals surface area contributed by atoms with Crippen molar-refractivity contribution in [3.05, 3.63) is 59.5 Å². The molecule has 224 valence electrons. The van der Waals surface area contributed by atoms with Gasteiger partial charge in [-0.05, 0) is 54.8 Å². The first-order valence-corrected chi connectivity index (χ1v) is 14.5. The number of hydrogen-bond donors (Lipinski definition) is 2. The summed E-state index contributed by atoms with van der Waals surface area (Å²) >= 11 is 0. The van der Waals surface area contributed by atoms with Gasteiger partial charge in [-0.2, -0.15) is 0 Å². The maximum atomic E-state index is 13.8. The predicted molar refractivity (Wildman–Crippen MR) is 156 cm³/mol. The molecule has 4 heterocycles. The maximum absolute atomic E-state index is 13.8. The highest BCUT2D eigenvalue weighted by atomic mass is 19.1. The van der Waals surface area contributed by atoms with E-state index in [0.29, 0.717) is 57.9 Å². The Kier molecular flexibility index (Phi) is 7.82. The van der Waals surface area contributed by atoms with Gasteiger partial charge in [-0.3, -0.25) is 9.69 Å². The van der Waals surface area contributed by atoms with Gasteiger partial charge in [0.05, 0.1) is 45.0 Å². The molecule has 0 aliphatic carbocycles. The first kappa shape index (κ1) is 28.4. The molecule has 2 aromatic carbocycles. The quantitative estimate of drug-likeness (QED) is 0.482. The van der Waals surface area contributed by atoms with Gasteiger partial charge in [-0.15, -0.1) is 0 Å². The Balaban J connectivity index is 1.35. The van der Waals surface area contributed by atoms with E-state index in [4.69, 9.17) is 9.47 Å². The van der Waals surface area contributed by atoms with E-state index in [0.717, 1.165) is 41.0 Å². The Morgan fingerprint density at radius 2 is 1.81 bits per heavy atom. The lowest BCUT2D eigenvalue weighted by Gasteiger charge is -2.50. The number of carbonyl (C=O) groups excluding carboxylic acids is 2. The average Bonchev–Trinajstić information content (AvgIpc) is 3.31. The van der Waals surface area contributed by atoms with Crippen LogP contribution in [0.25, 0.3) is 10.9 Å². The van der Waals surface area contributed by atoms with Gasteiger partial charge in [0.15, 0.2) is 0 Å². The van der Waals surface area contributed by atoms with Crippen molar-refractivity contribution < 1.29 is 28.6 Å². The number of rotatable bonds is 5. The number of hydrogen-bond acceptors (Lipinski definition) is 6. The second-order valence-corrected chi connectivity index (χ2v) is 11.5. The Morgan fingerprint density at radius 3 is 2.48 bits per heavy atom. The van der Waals surface area contributed by atoms with Gasteiger partial charge in [-0.25, -0.2) is 9.18 Å². The first-order chi connectivity index (χ1) is 20.3. The summed E-state index contributed by atoms with van der Waals surface area (Å²) in [6.45, 7) is 4.47. The molecule has 1 spiro atoms. The fraction of sp³-hybridized carbons (Fsp3) is 0.484. The number of anilines is 1. The number of nitrogens with one attached hydrogen (secondary N) is 1. The summed E-state index contributed by atoms with van der Waals surface area (Å²) in [7, 11) is 3.59. The molecule has 0 unspecified atom stereocenters. The van der Waals surface area contributed by atoms with Crippen molar-refractivity contribution in [2.45, 2.75) is 24.3 Å². The molecule has 0 radical (unpaired) electrons. The highest BCUT2D eigenvalue weighted by molar-refractivity contribution is 5.92. The predicted octanol–water partition coefficient (Wildman–Crippen LogP) is 3.10. The second kappa shape index (κ2) is 11.5. The van der Waals surface area contributed by atoms with E-state index in [-0.39, 0.29) is 24.4 Å². The molecule has 0 bridgehead atoms. The number of aliphatic hydroxyl groups excluding tert-OH is 1. The zero-order valence-electron chi connectivity index (χ0n) is 24.1. The van der Waals surface area contributed by atoms with Crippen LogP contribution in [-0.4, -0.2) is 103 Å². The van der Waals surface area contributed by atoms with E-state index in [1.807, 2.05) is 24.1 Å². The number of urea groups is 1. The lowest BCUT2D eigenvalue weighted by atomic mass is 9.68. The molecule has 10 nitrogen and oxygen atoms in total. The van der Waals surface area contributed by atoms with Crippen LogP contribution < -0.4 is 10.1 Å². The summed E-state index contributed by atoms with van der Waals surface area (Å²) in [6.07, 6.45) is 1.36. The van der Waals surface area contributed by atoms with Gasteiger partial charge in [0.1, 0.15) is 11.6 Å². The van der Waals surface area contributed by atoms with Gasteiger partial charge in [-0.1, -0.05) is 0 Å². The number of ether oxygens (including phenoxy) is 2. The number of amides is 3. The summed E-state index contributed by atoms with van der Waals surface area (Å²) in [5.41, 5.74) is 3.03. The van der Waals surface area contributed by atoms with Crippen molar-refractivity contribution in [2.75, 3.05) is 71.5 Å². The highest BCUT2D eigenvalue weighted by Gasteiger charge is 2.50. The number of carbonyl (C=O) groups is 2. The van der Waals surface area contributed by atoms with Gasteiger partial charge < -0.3 is 34.3 Å². The van der Waals surface area contributed by atoms with E-state index in [1.165, 1.54) is 24.3 Å². The summed E-state index contributed by atoms with van der Waals surface area (Å²) in [5.74, 6) is 0.456. The number of aliphatic hydroxyl groups is 1. The molecule has 3 aromatic rings. The van der Waals surface area contributed by atoms with Crippen molar-refractivity contribution in [3.8, 4) is 5.75 Å². The standard InChI is InChI=1S/C31H38FN5O5/c1-34-25-17-23(41-2)7-8-24(25)28-29(34)26(19-38)37(30(40)33-22-5-3-21(32)4-6-22)20-31(28)9-11-36(12-10-31)27(39)18-35-13-15-42-16-14-35/h3-8,17,26,38H,9-16,18-20H2,1-2H3,(H,33,40)/t26-/m1/s1. The molecule has 2 fully saturated rings. The Morgan fingerprint density at radius 1 is 1.10 bits per heavy atom. The van der Waals surface area contributed by atoms with Crippen molar-refractivity contribution in [2.24, 2.45) is 7.05 Å². The number of fused-ring (bicyclic) bond motifs is 4. The second-order valence-electron chi connectivity index (χ2n) is 11.5. The number of aromatic nitrogens is 1. The highest BCUT2D eigenvalue weighted by Crippen LogP contribution is 2.50. The van der Waals surface area contributed by atoms with Crippen molar-refractivity contribution in [1.82, 2.24) is 19.3 Å². The van der Waals surface area contributed by atoms with E-state index in [2.05, 4.69) is 20.9 Å². The molecule has 3 aliphatic rings. The number of halogens is 1. The van der Waals surface area contributed by atoms with Crippen LogP contribution >= 0.6 is 0 Å². The fourth-order valence-electron chi connectivity index (χ4n) is 6.94. The van der Waals surface area contributed by atoms with Gasteiger partial charge in [0.2, 0.25) is 5.91 Å². The van der Waals surface area contributed by atoms with Crippen molar-refractivity contribution in [3.63, 3.8) is 0 Å². The van der Waals surface area contributed by atoms with Crippen LogP contribution in [0.5, 0.6) is 5.75 Å². The minimum absolute atomic E-state index is 0.115. The fourth-order valence-corrected chi connectivity index (χ4v) is 6.94. The number of morpholine rings is 1. The van der Waals surface area contributed by atoms with E-state index < -0.39 is 11.5 Å². The average molecular weight is 580 g/mol. The zero-order chi connectivity index (χ0) is 29.4. The minimum atomic E-state index is -0.588. The van der Waals surface area contributed by atoms with Crippen molar-refractivity contribution >= 4 is 28.5 Å². The summed E-state index contributed by atoms with van der Waals surface area (Å²) in [5, 5.41) is 14.7. The molecule has 11 heteroatoms. The van der Waals surface area contributed by atoms with Crippen LogP contribution in [0.15, 0.2) is 42.5 Å². The van der Waals surface area contributed by atoms with Gasteiger partial charge in [0, 0.05) is 68.0 Å². The Labute approximate surface area is 244 Å². The van der Waals surface area contributed by atoms with Crippen LogP contribution in [0.2, 0.25) is 0 Å². The molecule has 3 aliphatic heterocycles. The summed E-state index contributed by atoms with van der Waals surface area (Å²) in [6, 6.07) is 10.7. The van der Waals surface area contributed by atoms with Crippen LogP contribution in [0.3, 0.4) is 0 Å². The number of aryl methyl sites for hydroxylation is 1. The van der Waals surface area contributed by atoms with Gasteiger partial charge in [0.25, 0.3) is 0 Å². The summed E-state index contributed by atoms with van der Waals surface area (Å²) in [4.78, 5) is 32.8. The smallest absolute Gasteiger partial charge is 0.322 e. The van der Waals surface area contributed by atoms with Crippen molar-refractivity contribution in [1.29, 1.82) is 0 Å². The third-order valence-electron chi connectivity index (χ3n) is 9.21. The molecule has 6 rings (SSSR count). The molecule has 3 amide bonds. The number of benzene rings is 2. The number of piperidine rings is 1. The van der Waals surface area contributed by atoms with Crippen LogP contribution in [0.1, 0.15) is 30.1 Å².